The Morgan fingerprint density at radius 2 is 1.88 bits per heavy atom. The number of carbonyl (C=O) groups is 2. The fourth-order valence-electron chi connectivity index (χ4n) is 5.03. The summed E-state index contributed by atoms with van der Waals surface area (Å²) >= 11 is 0. The highest BCUT2D eigenvalue weighted by molar-refractivity contribution is 5.91. The Kier molecular flexibility index (Phi) is 8.20. The zero-order valence-electron chi connectivity index (χ0n) is 23.3. The van der Waals surface area contributed by atoms with Crippen LogP contribution in [0, 0.1) is 0 Å². The maximum atomic E-state index is 13.3. The van der Waals surface area contributed by atoms with E-state index < -0.39 is 24.1 Å². The molecule has 1 aromatic carbocycles. The van der Waals surface area contributed by atoms with Gasteiger partial charge in [-0.3, -0.25) is 9.48 Å². The number of halogens is 3. The molecule has 0 unspecified atom stereocenters. The Morgan fingerprint density at radius 3 is 2.57 bits per heavy atom. The number of hydrogen-bond acceptors (Lipinski definition) is 11. The number of aromatic nitrogens is 4. The second-order valence-corrected chi connectivity index (χ2v) is 9.94. The lowest BCUT2D eigenvalue weighted by Crippen LogP contribution is -2.44. The van der Waals surface area contributed by atoms with Crippen LogP contribution in [0.15, 0.2) is 24.4 Å². The van der Waals surface area contributed by atoms with Crippen molar-refractivity contribution in [2.24, 2.45) is 0 Å². The van der Waals surface area contributed by atoms with Gasteiger partial charge >= 0.3 is 18.3 Å². The van der Waals surface area contributed by atoms with Crippen LogP contribution in [0.25, 0.3) is 11.4 Å². The highest BCUT2D eigenvalue weighted by Crippen LogP contribution is 2.38. The molecule has 0 bridgehead atoms. The molecule has 1 N–H and O–H groups in total. The van der Waals surface area contributed by atoms with E-state index in [1.807, 2.05) is 7.05 Å². The molecule has 15 heteroatoms. The lowest BCUT2D eigenvalue weighted by molar-refractivity contribution is -0.274. The number of anilines is 3. The van der Waals surface area contributed by atoms with E-state index in [1.165, 1.54) is 24.8 Å². The number of nitrogens with zero attached hydrogens (tertiary/aromatic N) is 6. The number of rotatable bonds is 8. The lowest BCUT2D eigenvalue weighted by atomic mass is 9.93. The summed E-state index contributed by atoms with van der Waals surface area (Å²) in [6.45, 7) is 4.50. The van der Waals surface area contributed by atoms with Crippen LogP contribution in [-0.2, 0) is 33.7 Å². The van der Waals surface area contributed by atoms with Gasteiger partial charge < -0.3 is 29.3 Å². The minimum atomic E-state index is -4.91. The number of methoxy groups -OCH3 is 1. The highest BCUT2D eigenvalue weighted by atomic mass is 19.4. The molecule has 5 rings (SSSR count). The van der Waals surface area contributed by atoms with Crippen molar-refractivity contribution < 1.29 is 37.0 Å². The SMILES string of the molecule is COC(=O)c1nn(CCOC(C)=O)c2c1CCc1cnc(Nc3cc(N4CCN(C)CC4)ccc3OC(F)(F)F)nc1-2. The third-order valence-corrected chi connectivity index (χ3v) is 7.07. The molecule has 3 heterocycles. The fraction of sp³-hybridized carbons (Fsp3) is 0.444. The van der Waals surface area contributed by atoms with Crippen LogP contribution in [0.5, 0.6) is 5.75 Å². The standard InChI is InChI=1S/C27H30F3N7O5/c1-16(38)41-13-12-37-24-19(23(34-37)25(39)40-3)6-4-17-15-31-26(33-22(17)24)32-20-14-18(36-10-8-35(2)9-11-36)5-7-21(20)42-27(28,29)30/h5,7,14-15H,4,6,8-13H2,1-3H3,(H,31,32,33). The summed E-state index contributed by atoms with van der Waals surface area (Å²) in [5, 5.41) is 7.32. The van der Waals surface area contributed by atoms with Crippen molar-refractivity contribution in [3.05, 3.63) is 41.2 Å². The lowest BCUT2D eigenvalue weighted by Gasteiger charge is -2.34. The van der Waals surface area contributed by atoms with Crippen molar-refractivity contribution in [1.29, 1.82) is 0 Å². The Morgan fingerprint density at radius 1 is 1.12 bits per heavy atom. The number of benzene rings is 1. The van der Waals surface area contributed by atoms with Crippen molar-refractivity contribution in [3.8, 4) is 17.1 Å². The Hall–Kier alpha value is -4.40. The molecule has 0 radical (unpaired) electrons. The van der Waals surface area contributed by atoms with Crippen molar-refractivity contribution in [3.63, 3.8) is 0 Å². The molecule has 1 aliphatic heterocycles. The van der Waals surface area contributed by atoms with E-state index >= 15 is 0 Å². The number of likely N-dealkylation sites (N-methyl/N-ethyl adjacent to an activating group) is 1. The maximum Gasteiger partial charge on any atom is 0.573 e. The first-order chi connectivity index (χ1) is 20.0. The van der Waals surface area contributed by atoms with Crippen molar-refractivity contribution in [2.45, 2.75) is 32.7 Å². The predicted octanol–water partition coefficient (Wildman–Crippen LogP) is 3.18. The summed E-state index contributed by atoms with van der Waals surface area (Å²) < 4.78 is 55.6. The number of fused-ring (bicyclic) bond motifs is 3. The molecule has 2 aliphatic rings. The summed E-state index contributed by atoms with van der Waals surface area (Å²) in [4.78, 5) is 37.1. The van der Waals surface area contributed by atoms with Gasteiger partial charge in [0.1, 0.15) is 6.61 Å². The third kappa shape index (κ3) is 6.40. The van der Waals surface area contributed by atoms with Crippen LogP contribution in [0.1, 0.15) is 28.5 Å². The number of aryl methyl sites for hydroxylation is 1. The molecular formula is C27H30F3N7O5. The van der Waals surface area contributed by atoms with E-state index in [0.717, 1.165) is 24.3 Å². The number of ether oxygens (including phenoxy) is 3. The van der Waals surface area contributed by atoms with Crippen LogP contribution >= 0.6 is 0 Å². The minimum Gasteiger partial charge on any atom is -0.464 e. The van der Waals surface area contributed by atoms with Gasteiger partial charge in [-0.1, -0.05) is 0 Å². The normalized spacial score (nSPS) is 15.0. The van der Waals surface area contributed by atoms with E-state index in [1.54, 1.807) is 18.3 Å². The zero-order chi connectivity index (χ0) is 30.0. The summed E-state index contributed by atoms with van der Waals surface area (Å²) in [6, 6.07) is 4.44. The zero-order valence-corrected chi connectivity index (χ0v) is 23.3. The van der Waals surface area contributed by atoms with E-state index in [-0.39, 0.29) is 30.5 Å². The van der Waals surface area contributed by atoms with Gasteiger partial charge in [-0.25, -0.2) is 14.8 Å². The first kappa shape index (κ1) is 29.1. The third-order valence-electron chi connectivity index (χ3n) is 7.07. The number of hydrogen-bond donors (Lipinski definition) is 1. The monoisotopic (exact) mass is 589 g/mol. The van der Waals surface area contributed by atoms with Crippen LogP contribution in [0.2, 0.25) is 0 Å². The highest BCUT2D eigenvalue weighted by Gasteiger charge is 2.33. The maximum absolute atomic E-state index is 13.3. The van der Waals surface area contributed by atoms with Crippen LogP contribution < -0.4 is 15.0 Å². The number of nitrogens with one attached hydrogen (secondary N) is 1. The van der Waals surface area contributed by atoms with Gasteiger partial charge in [0.2, 0.25) is 5.95 Å². The first-order valence-electron chi connectivity index (χ1n) is 13.3. The fourth-order valence-corrected chi connectivity index (χ4v) is 5.03. The molecule has 2 aromatic heterocycles. The van der Waals surface area contributed by atoms with E-state index in [9.17, 15) is 22.8 Å². The van der Waals surface area contributed by atoms with Gasteiger partial charge in [0.05, 0.1) is 30.7 Å². The average Bonchev–Trinajstić information content (AvgIpc) is 3.32. The Bertz CT molecular complexity index is 1490. The number of carbonyl (C=O) groups excluding carboxylic acids is 2. The largest absolute Gasteiger partial charge is 0.573 e. The molecule has 0 spiro atoms. The molecule has 1 fully saturated rings. The van der Waals surface area contributed by atoms with E-state index in [4.69, 9.17) is 9.47 Å². The molecule has 12 nitrogen and oxygen atoms in total. The molecule has 0 amide bonds. The number of piperazine rings is 1. The summed E-state index contributed by atoms with van der Waals surface area (Å²) in [5.41, 5.74) is 3.23. The Balaban J connectivity index is 1.51. The Labute approximate surface area is 239 Å². The molecule has 0 saturated carbocycles. The topological polar surface area (TPSA) is 124 Å². The second-order valence-electron chi connectivity index (χ2n) is 9.94. The van der Waals surface area contributed by atoms with Crippen LogP contribution in [0.3, 0.4) is 0 Å². The van der Waals surface area contributed by atoms with Crippen molar-refractivity contribution in [1.82, 2.24) is 24.6 Å². The molecule has 1 saturated heterocycles. The summed E-state index contributed by atoms with van der Waals surface area (Å²) in [6.07, 6.45) is -2.35. The van der Waals surface area contributed by atoms with Gasteiger partial charge in [0.25, 0.3) is 0 Å². The smallest absolute Gasteiger partial charge is 0.464 e. The molecule has 224 valence electrons. The predicted molar refractivity (Wildman–Crippen MR) is 145 cm³/mol. The van der Waals surface area contributed by atoms with Gasteiger partial charge in [-0.15, -0.1) is 13.2 Å². The van der Waals surface area contributed by atoms with Gasteiger partial charge in [0, 0.05) is 50.6 Å². The van der Waals surface area contributed by atoms with E-state index in [2.05, 4.69) is 34.9 Å². The molecule has 0 atom stereocenters. The second kappa shape index (κ2) is 11.8. The van der Waals surface area contributed by atoms with Crippen molar-refractivity contribution in [2.75, 3.05) is 57.2 Å². The molecule has 3 aromatic rings. The van der Waals surface area contributed by atoms with Gasteiger partial charge in [0.15, 0.2) is 11.4 Å². The van der Waals surface area contributed by atoms with Gasteiger partial charge in [-0.05, 0) is 43.7 Å². The van der Waals surface area contributed by atoms with E-state index in [0.29, 0.717) is 42.9 Å². The van der Waals surface area contributed by atoms with Gasteiger partial charge in [-0.2, -0.15) is 5.10 Å². The van der Waals surface area contributed by atoms with Crippen LogP contribution in [-0.4, -0.2) is 89.9 Å². The quantitative estimate of drug-likeness (QED) is 0.390. The van der Waals surface area contributed by atoms with Crippen LogP contribution in [0.4, 0.5) is 30.5 Å². The molecule has 1 aliphatic carbocycles. The molecule has 42 heavy (non-hydrogen) atoms. The summed E-state index contributed by atoms with van der Waals surface area (Å²) in [5.74, 6) is -1.49. The summed E-state index contributed by atoms with van der Waals surface area (Å²) in [7, 11) is 3.27. The minimum absolute atomic E-state index is 0.00676. The number of alkyl halides is 3. The average molecular weight is 590 g/mol. The van der Waals surface area contributed by atoms with Crippen molar-refractivity contribution >= 4 is 29.3 Å². The first-order valence-corrected chi connectivity index (χ1v) is 13.3. The molecular weight excluding hydrogens is 559 g/mol. The number of esters is 2.